The lowest BCUT2D eigenvalue weighted by Gasteiger charge is -2.33. The molecule has 2 aliphatic heterocycles. The number of nitrogens with zero attached hydrogens (tertiary/aromatic N) is 1. The van der Waals surface area contributed by atoms with E-state index < -0.39 is 6.04 Å². The number of aromatic hydroxyl groups is 1. The molecule has 1 fully saturated rings. The molecule has 7 heteroatoms. The summed E-state index contributed by atoms with van der Waals surface area (Å²) in [5, 5.41) is 16.8. The number of morpholine rings is 1. The second-order valence-electron chi connectivity index (χ2n) is 10.9. The van der Waals surface area contributed by atoms with Gasteiger partial charge >= 0.3 is 0 Å². The van der Waals surface area contributed by atoms with E-state index in [1.807, 2.05) is 19.9 Å². The van der Waals surface area contributed by atoms with Gasteiger partial charge in [0.05, 0.1) is 25.3 Å². The molecular weight excluding hydrogens is 488 g/mol. The van der Waals surface area contributed by atoms with Gasteiger partial charge < -0.3 is 26.2 Å². The Balaban J connectivity index is 1.39. The van der Waals surface area contributed by atoms with Crippen molar-refractivity contribution in [3.8, 4) is 5.75 Å². The minimum Gasteiger partial charge on any atom is -0.508 e. The lowest BCUT2D eigenvalue weighted by atomic mass is 9.90. The smallest absolute Gasteiger partial charge is 0.237 e. The third kappa shape index (κ3) is 6.61. The topological polar surface area (TPSA) is 99.8 Å². The summed E-state index contributed by atoms with van der Waals surface area (Å²) in [6, 6.07) is 17.7. The van der Waals surface area contributed by atoms with Crippen molar-refractivity contribution in [3.05, 3.63) is 93.5 Å². The number of fused-ring (bicyclic) bond motifs is 1. The van der Waals surface area contributed by atoms with Crippen LogP contribution in [0.4, 0.5) is 5.69 Å². The largest absolute Gasteiger partial charge is 0.508 e. The normalized spacial score (nSPS) is 18.2. The number of phenolic OH excluding ortho intramolecular Hbond substituents is 1. The number of aryl methyl sites for hydroxylation is 2. The van der Waals surface area contributed by atoms with Gasteiger partial charge in [-0.25, -0.2) is 0 Å². The summed E-state index contributed by atoms with van der Waals surface area (Å²) in [5.74, 6) is 0.0835. The lowest BCUT2D eigenvalue weighted by Crippen LogP contribution is -2.45. The molecule has 0 radical (unpaired) electrons. The van der Waals surface area contributed by atoms with Gasteiger partial charge in [-0.1, -0.05) is 42.5 Å². The van der Waals surface area contributed by atoms with Crippen molar-refractivity contribution in [2.45, 2.75) is 51.7 Å². The van der Waals surface area contributed by atoms with Crippen LogP contribution in [-0.4, -0.2) is 54.8 Å². The number of carbonyl (C=O) groups is 1. The molecule has 0 bridgehead atoms. The van der Waals surface area contributed by atoms with Crippen LogP contribution in [0.5, 0.6) is 5.75 Å². The number of nitrogens with one attached hydrogen (secondary N) is 2. The molecule has 5 rings (SSSR count). The molecule has 2 heterocycles. The van der Waals surface area contributed by atoms with E-state index >= 15 is 0 Å². The van der Waals surface area contributed by atoms with Gasteiger partial charge in [-0.05, 0) is 84.2 Å². The van der Waals surface area contributed by atoms with Crippen LogP contribution in [0.2, 0.25) is 0 Å². The van der Waals surface area contributed by atoms with E-state index in [4.69, 9.17) is 10.5 Å². The fraction of sp³-hybridized carbons (Fsp3) is 0.406. The molecule has 0 aromatic heterocycles. The van der Waals surface area contributed by atoms with Crippen LogP contribution in [0.3, 0.4) is 0 Å². The van der Waals surface area contributed by atoms with Gasteiger partial charge in [-0.3, -0.25) is 9.69 Å². The highest BCUT2D eigenvalue weighted by Gasteiger charge is 2.28. The highest BCUT2D eigenvalue weighted by molar-refractivity contribution is 5.83. The number of nitrogens with two attached hydrogens (primary N) is 1. The maximum absolute atomic E-state index is 13.4. The van der Waals surface area contributed by atoms with Crippen molar-refractivity contribution in [3.63, 3.8) is 0 Å². The Morgan fingerprint density at radius 3 is 2.54 bits per heavy atom. The molecule has 7 nitrogen and oxygen atoms in total. The fourth-order valence-corrected chi connectivity index (χ4v) is 5.87. The summed E-state index contributed by atoms with van der Waals surface area (Å²) in [7, 11) is 0. The van der Waals surface area contributed by atoms with Crippen LogP contribution in [0.1, 0.15) is 51.4 Å². The highest BCUT2D eigenvalue weighted by Crippen LogP contribution is 2.35. The summed E-state index contributed by atoms with van der Waals surface area (Å²) < 4.78 is 5.57. The zero-order valence-corrected chi connectivity index (χ0v) is 23.0. The Bertz CT molecular complexity index is 1280. The molecule has 5 N–H and O–H groups in total. The minimum absolute atomic E-state index is 0.110. The summed E-state index contributed by atoms with van der Waals surface area (Å²) in [6.45, 7) is 8.88. The molecule has 3 aromatic carbocycles. The molecule has 1 saturated heterocycles. The van der Waals surface area contributed by atoms with Gasteiger partial charge in [0.1, 0.15) is 5.75 Å². The first-order chi connectivity index (χ1) is 18.9. The van der Waals surface area contributed by atoms with Crippen LogP contribution in [0.15, 0.2) is 54.6 Å². The fourth-order valence-electron chi connectivity index (χ4n) is 5.87. The summed E-state index contributed by atoms with van der Waals surface area (Å²) in [4.78, 5) is 15.8. The van der Waals surface area contributed by atoms with Gasteiger partial charge in [0.25, 0.3) is 0 Å². The number of anilines is 1. The molecule has 0 aliphatic carbocycles. The van der Waals surface area contributed by atoms with Gasteiger partial charge in [0.15, 0.2) is 0 Å². The first-order valence-electron chi connectivity index (χ1n) is 14.0. The van der Waals surface area contributed by atoms with E-state index in [-0.39, 0.29) is 17.7 Å². The van der Waals surface area contributed by atoms with Gasteiger partial charge in [0.2, 0.25) is 5.91 Å². The zero-order chi connectivity index (χ0) is 27.4. The molecule has 1 amide bonds. The predicted octanol–water partition coefficient (Wildman–Crippen LogP) is 3.97. The van der Waals surface area contributed by atoms with E-state index in [1.54, 1.807) is 12.1 Å². The van der Waals surface area contributed by atoms with Gasteiger partial charge in [-0.15, -0.1) is 0 Å². The number of hydrogen-bond donors (Lipinski definition) is 4. The van der Waals surface area contributed by atoms with Crippen molar-refractivity contribution < 1.29 is 14.6 Å². The first-order valence-corrected chi connectivity index (χ1v) is 14.0. The van der Waals surface area contributed by atoms with Crippen LogP contribution in [0, 0.1) is 13.8 Å². The minimum atomic E-state index is -0.675. The Hall–Kier alpha value is -3.39. The number of ether oxygens (including phenoxy) is 1. The van der Waals surface area contributed by atoms with Crippen molar-refractivity contribution in [1.82, 2.24) is 10.2 Å². The number of amides is 1. The Labute approximate surface area is 231 Å². The standard InChI is InChI=1S/C32H40N4O3/c1-21-14-26(37)15-22(2)27(21)19-29(33)32(38)35-30-8-9-34-31-25(20-36-10-12-39-13-11-36)17-24(18-28(30)31)16-23-6-4-3-5-7-23/h3-7,14-15,17-18,29-30,34,37H,8-13,16,19-20,33H2,1-2H3,(H,35,38)/t29-,30+/m0/s1. The summed E-state index contributed by atoms with van der Waals surface area (Å²) in [5.41, 5.74) is 15.4. The van der Waals surface area contributed by atoms with Crippen LogP contribution in [-0.2, 0) is 28.9 Å². The van der Waals surface area contributed by atoms with Crippen LogP contribution in [0.25, 0.3) is 0 Å². The van der Waals surface area contributed by atoms with E-state index in [0.29, 0.717) is 6.42 Å². The van der Waals surface area contributed by atoms with Crippen molar-refractivity contribution in [2.24, 2.45) is 5.73 Å². The second kappa shape index (κ2) is 12.2. The average Bonchev–Trinajstić information content (AvgIpc) is 2.92. The molecule has 2 atom stereocenters. The maximum Gasteiger partial charge on any atom is 0.237 e. The molecule has 206 valence electrons. The second-order valence-corrected chi connectivity index (χ2v) is 10.9. The monoisotopic (exact) mass is 528 g/mol. The average molecular weight is 529 g/mol. The number of rotatable bonds is 8. The van der Waals surface area contributed by atoms with Crippen LogP contribution >= 0.6 is 0 Å². The first kappa shape index (κ1) is 27.2. The molecule has 39 heavy (non-hydrogen) atoms. The number of phenols is 1. The summed E-state index contributed by atoms with van der Waals surface area (Å²) >= 11 is 0. The van der Waals surface area contributed by atoms with Gasteiger partial charge in [-0.2, -0.15) is 0 Å². The third-order valence-electron chi connectivity index (χ3n) is 7.93. The molecule has 0 saturated carbocycles. The Morgan fingerprint density at radius 1 is 1.10 bits per heavy atom. The molecular formula is C32H40N4O3. The van der Waals surface area contributed by atoms with E-state index in [0.717, 1.165) is 80.2 Å². The SMILES string of the molecule is Cc1cc(O)cc(C)c1C[C@H](N)C(=O)N[C@@H]1CCNc2c(CN3CCOCC3)cc(Cc3ccccc3)cc21. The maximum atomic E-state index is 13.4. The quantitative estimate of drug-likeness (QED) is 0.353. The predicted molar refractivity (Wildman–Crippen MR) is 155 cm³/mol. The number of benzene rings is 3. The van der Waals surface area contributed by atoms with E-state index in [2.05, 4.69) is 51.9 Å². The highest BCUT2D eigenvalue weighted by atomic mass is 16.5. The van der Waals surface area contributed by atoms with E-state index in [9.17, 15) is 9.90 Å². The lowest BCUT2D eigenvalue weighted by molar-refractivity contribution is -0.123. The zero-order valence-electron chi connectivity index (χ0n) is 23.0. The molecule has 2 aliphatic rings. The van der Waals surface area contributed by atoms with Crippen LogP contribution < -0.4 is 16.4 Å². The van der Waals surface area contributed by atoms with Crippen molar-refractivity contribution >= 4 is 11.6 Å². The number of hydrogen-bond acceptors (Lipinski definition) is 6. The van der Waals surface area contributed by atoms with Crippen molar-refractivity contribution in [1.29, 1.82) is 0 Å². The molecule has 0 spiro atoms. The Kier molecular flexibility index (Phi) is 8.50. The van der Waals surface area contributed by atoms with E-state index in [1.165, 1.54) is 16.7 Å². The third-order valence-corrected chi connectivity index (χ3v) is 7.93. The Morgan fingerprint density at radius 2 is 1.82 bits per heavy atom. The molecule has 3 aromatic rings. The summed E-state index contributed by atoms with van der Waals surface area (Å²) in [6.07, 6.45) is 2.07. The number of carbonyl (C=O) groups excluding carboxylic acids is 1. The van der Waals surface area contributed by atoms with Gasteiger partial charge in [0, 0.05) is 31.9 Å². The molecule has 0 unspecified atom stereocenters. The van der Waals surface area contributed by atoms with Crippen molar-refractivity contribution in [2.75, 3.05) is 38.2 Å².